The van der Waals surface area contributed by atoms with E-state index < -0.39 is 41.7 Å². The van der Waals surface area contributed by atoms with Crippen LogP contribution in [0.15, 0.2) is 18.2 Å². The third-order valence-electron chi connectivity index (χ3n) is 3.91. The summed E-state index contributed by atoms with van der Waals surface area (Å²) in [6.07, 6.45) is -11.5. The zero-order chi connectivity index (χ0) is 18.3. The number of cyclic esters (lactones) is 1. The largest absolute Gasteiger partial charge is 0.439 e. The van der Waals surface area contributed by atoms with Crippen molar-refractivity contribution >= 4 is 6.09 Å². The van der Waals surface area contributed by atoms with Gasteiger partial charge in [0.05, 0.1) is 17.2 Å². The van der Waals surface area contributed by atoms with Gasteiger partial charge in [-0.1, -0.05) is 6.92 Å². The Morgan fingerprint density at radius 3 is 1.88 bits per heavy atom. The summed E-state index contributed by atoms with van der Waals surface area (Å²) in [6, 6.07) is 0.648. The molecule has 0 bridgehead atoms. The fourth-order valence-electron chi connectivity index (χ4n) is 2.79. The van der Waals surface area contributed by atoms with Crippen molar-refractivity contribution in [2.45, 2.75) is 44.8 Å². The molecule has 2 atom stereocenters. The molecule has 0 aliphatic carbocycles. The molecule has 1 aliphatic rings. The molecule has 1 fully saturated rings. The van der Waals surface area contributed by atoms with E-state index in [0.717, 1.165) is 0 Å². The second-order valence-corrected chi connectivity index (χ2v) is 5.41. The van der Waals surface area contributed by atoms with E-state index in [1.807, 2.05) is 0 Å². The van der Waals surface area contributed by atoms with Crippen molar-refractivity contribution in [2.24, 2.45) is 0 Å². The quantitative estimate of drug-likeness (QED) is 0.713. The summed E-state index contributed by atoms with van der Waals surface area (Å²) in [5, 5.41) is 0. The van der Waals surface area contributed by atoms with Crippen LogP contribution in [0.25, 0.3) is 0 Å². The number of carbonyl (C=O) groups excluding carboxylic acids is 1. The lowest BCUT2D eigenvalue weighted by atomic mass is 9.95. The monoisotopic (exact) mass is 355 g/mol. The second-order valence-electron chi connectivity index (χ2n) is 5.41. The van der Waals surface area contributed by atoms with Gasteiger partial charge in [0.2, 0.25) is 0 Å². The fourth-order valence-corrected chi connectivity index (χ4v) is 2.79. The van der Waals surface area contributed by atoms with Crippen LogP contribution in [0, 0.1) is 0 Å². The number of rotatable bonds is 3. The van der Waals surface area contributed by atoms with Gasteiger partial charge in [0, 0.05) is 6.54 Å². The van der Waals surface area contributed by atoms with Crippen LogP contribution in [0.2, 0.25) is 0 Å². The molecule has 1 heterocycles. The minimum atomic E-state index is -4.94. The molecule has 0 saturated carbocycles. The third kappa shape index (κ3) is 3.44. The number of ether oxygens (including phenoxy) is 1. The van der Waals surface area contributed by atoms with Crippen molar-refractivity contribution in [3.05, 3.63) is 34.9 Å². The first-order valence-electron chi connectivity index (χ1n) is 7.25. The summed E-state index contributed by atoms with van der Waals surface area (Å²) in [5.41, 5.74) is -3.16. The van der Waals surface area contributed by atoms with Gasteiger partial charge in [-0.25, -0.2) is 4.79 Å². The van der Waals surface area contributed by atoms with Crippen LogP contribution < -0.4 is 0 Å². The van der Waals surface area contributed by atoms with Crippen LogP contribution in [0.3, 0.4) is 0 Å². The van der Waals surface area contributed by atoms with Crippen LogP contribution in [-0.2, 0) is 17.1 Å². The number of carbonyl (C=O) groups is 1. The van der Waals surface area contributed by atoms with E-state index in [9.17, 15) is 31.1 Å². The smallest absolute Gasteiger partial charge is 0.416 e. The molecule has 1 aliphatic heterocycles. The Morgan fingerprint density at radius 2 is 1.50 bits per heavy atom. The fraction of sp³-hybridized carbons (Fsp3) is 0.533. The summed E-state index contributed by atoms with van der Waals surface area (Å²) in [5.74, 6) is 0. The maximum Gasteiger partial charge on any atom is 0.416 e. The van der Waals surface area contributed by atoms with E-state index in [2.05, 4.69) is 0 Å². The molecule has 1 aromatic carbocycles. The van der Waals surface area contributed by atoms with Crippen molar-refractivity contribution in [3.63, 3.8) is 0 Å². The predicted molar refractivity (Wildman–Crippen MR) is 72.1 cm³/mol. The van der Waals surface area contributed by atoms with E-state index in [0.29, 0.717) is 18.6 Å². The minimum absolute atomic E-state index is 0.0544. The molecule has 1 amide bonds. The summed E-state index contributed by atoms with van der Waals surface area (Å²) in [7, 11) is 0. The number of likely N-dealkylation sites (N-methyl/N-ethyl adjacent to an activating group) is 1. The van der Waals surface area contributed by atoms with Gasteiger partial charge < -0.3 is 9.64 Å². The number of hydrogen-bond acceptors (Lipinski definition) is 2. The lowest BCUT2D eigenvalue weighted by Gasteiger charge is -2.23. The zero-order valence-corrected chi connectivity index (χ0v) is 12.8. The van der Waals surface area contributed by atoms with Crippen molar-refractivity contribution < 1.29 is 35.9 Å². The normalized spacial score (nSPS) is 22.0. The molecule has 134 valence electrons. The second kappa shape index (κ2) is 6.18. The standard InChI is InChI=1S/C15H15F6NO2/c1-3-11-12(24-13(23)22(11)4-2)8-5-9(14(16,17)18)7-10(6-8)15(19,20)21/h5-7,11-12H,3-4H2,1-2H3/t11-,12+/m0/s1. The van der Waals surface area contributed by atoms with E-state index in [-0.39, 0.29) is 18.2 Å². The van der Waals surface area contributed by atoms with Gasteiger partial charge in [0.15, 0.2) is 0 Å². The van der Waals surface area contributed by atoms with Gasteiger partial charge in [0.25, 0.3) is 0 Å². The molecule has 1 aromatic rings. The highest BCUT2D eigenvalue weighted by Gasteiger charge is 2.43. The predicted octanol–water partition coefficient (Wildman–Crippen LogP) is 5.02. The van der Waals surface area contributed by atoms with Gasteiger partial charge in [-0.3, -0.25) is 0 Å². The number of benzene rings is 1. The van der Waals surface area contributed by atoms with Crippen LogP contribution in [0.5, 0.6) is 0 Å². The Morgan fingerprint density at radius 1 is 1.00 bits per heavy atom. The Hall–Kier alpha value is -1.93. The number of alkyl halides is 6. The molecule has 0 unspecified atom stereocenters. The van der Waals surface area contributed by atoms with Crippen LogP contribution in [0.4, 0.5) is 31.1 Å². The van der Waals surface area contributed by atoms with Crippen LogP contribution in [0.1, 0.15) is 43.1 Å². The van der Waals surface area contributed by atoms with Crippen molar-refractivity contribution in [3.8, 4) is 0 Å². The Kier molecular flexibility index (Phi) is 4.74. The van der Waals surface area contributed by atoms with Crippen molar-refractivity contribution in [1.82, 2.24) is 4.90 Å². The number of amides is 1. The van der Waals surface area contributed by atoms with E-state index in [1.165, 1.54) is 4.90 Å². The van der Waals surface area contributed by atoms with Gasteiger partial charge in [0.1, 0.15) is 6.10 Å². The highest BCUT2D eigenvalue weighted by molar-refractivity contribution is 5.71. The number of nitrogens with zero attached hydrogens (tertiary/aromatic N) is 1. The van der Waals surface area contributed by atoms with Gasteiger partial charge >= 0.3 is 18.4 Å². The molecule has 0 N–H and O–H groups in total. The number of hydrogen-bond donors (Lipinski definition) is 0. The SMILES string of the molecule is CC[C@H]1[C@@H](c2cc(C(F)(F)F)cc(C(F)(F)F)c2)OC(=O)N1CC. The molecule has 0 spiro atoms. The molecular weight excluding hydrogens is 340 g/mol. The first-order valence-corrected chi connectivity index (χ1v) is 7.25. The molecule has 24 heavy (non-hydrogen) atoms. The van der Waals surface area contributed by atoms with E-state index in [4.69, 9.17) is 4.74 Å². The molecule has 0 aromatic heterocycles. The topological polar surface area (TPSA) is 29.5 Å². The Labute approximate surface area is 134 Å². The minimum Gasteiger partial charge on any atom is -0.439 e. The first-order chi connectivity index (χ1) is 11.0. The Balaban J connectivity index is 2.55. The molecule has 0 radical (unpaired) electrons. The highest BCUT2D eigenvalue weighted by Crippen LogP contribution is 2.41. The highest BCUT2D eigenvalue weighted by atomic mass is 19.4. The van der Waals surface area contributed by atoms with Crippen molar-refractivity contribution in [2.75, 3.05) is 6.54 Å². The zero-order valence-electron chi connectivity index (χ0n) is 12.8. The molecular formula is C15H15F6NO2. The molecule has 9 heteroatoms. The number of halogens is 6. The van der Waals surface area contributed by atoms with E-state index in [1.54, 1.807) is 13.8 Å². The van der Waals surface area contributed by atoms with E-state index >= 15 is 0 Å². The molecule has 1 saturated heterocycles. The summed E-state index contributed by atoms with van der Waals surface area (Å²) < 4.78 is 82.7. The van der Waals surface area contributed by atoms with Crippen LogP contribution in [-0.4, -0.2) is 23.6 Å². The first kappa shape index (κ1) is 18.4. The summed E-state index contributed by atoms with van der Waals surface area (Å²) in [6.45, 7) is 3.58. The Bertz CT molecular complexity index is 593. The van der Waals surface area contributed by atoms with Crippen LogP contribution >= 0.6 is 0 Å². The molecule has 2 rings (SSSR count). The summed E-state index contributed by atoms with van der Waals surface area (Å²) in [4.78, 5) is 13.1. The average Bonchev–Trinajstić information content (AvgIpc) is 2.80. The summed E-state index contributed by atoms with van der Waals surface area (Å²) >= 11 is 0. The van der Waals surface area contributed by atoms with Gasteiger partial charge in [-0.15, -0.1) is 0 Å². The van der Waals surface area contributed by atoms with Gasteiger partial charge in [-0.2, -0.15) is 26.3 Å². The lowest BCUT2D eigenvalue weighted by Crippen LogP contribution is -2.33. The third-order valence-corrected chi connectivity index (χ3v) is 3.91. The lowest BCUT2D eigenvalue weighted by molar-refractivity contribution is -0.143. The molecule has 3 nitrogen and oxygen atoms in total. The van der Waals surface area contributed by atoms with Crippen molar-refractivity contribution in [1.29, 1.82) is 0 Å². The maximum absolute atomic E-state index is 12.9. The van der Waals surface area contributed by atoms with Gasteiger partial charge in [-0.05, 0) is 37.1 Å². The maximum atomic E-state index is 12.9. The average molecular weight is 355 g/mol.